The Morgan fingerprint density at radius 1 is 1.32 bits per heavy atom. The molecule has 4 nitrogen and oxygen atoms in total. The largest absolute Gasteiger partial charge is 0.397 e. The molecule has 4 N–H and O–H groups in total. The van der Waals surface area contributed by atoms with Gasteiger partial charge in [0.15, 0.2) is 0 Å². The van der Waals surface area contributed by atoms with Crippen LogP contribution in [0.15, 0.2) is 30.5 Å². The maximum absolute atomic E-state index is 9.55. The molecule has 1 aromatic carbocycles. The Morgan fingerprint density at radius 2 is 2.21 bits per heavy atom. The molecule has 1 heterocycles. The third kappa shape index (κ3) is 2.49. The summed E-state index contributed by atoms with van der Waals surface area (Å²) in [5.74, 6) is 0.555. The number of benzene rings is 1. The zero-order valence-corrected chi connectivity index (χ0v) is 10.8. The molecule has 0 saturated heterocycles. The van der Waals surface area contributed by atoms with Gasteiger partial charge < -0.3 is 16.2 Å². The summed E-state index contributed by atoms with van der Waals surface area (Å²) < 4.78 is 0. The van der Waals surface area contributed by atoms with Gasteiger partial charge in [0.2, 0.25) is 0 Å². The Bertz CT molecular complexity index is 585. The molecule has 1 aromatic heterocycles. The summed E-state index contributed by atoms with van der Waals surface area (Å²) in [5, 5.41) is 14.1. The lowest BCUT2D eigenvalue weighted by molar-refractivity contribution is 0.178. The summed E-state index contributed by atoms with van der Waals surface area (Å²) >= 11 is 0. The highest BCUT2D eigenvalue weighted by Crippen LogP contribution is 2.28. The molecule has 0 aliphatic heterocycles. The highest BCUT2D eigenvalue weighted by molar-refractivity contribution is 5.97. The number of para-hydroxylation sites is 1. The normalized spacial score (nSPS) is 22.8. The molecule has 1 fully saturated rings. The number of nitrogens with one attached hydrogen (secondary N) is 1. The minimum Gasteiger partial charge on any atom is -0.397 e. The number of rotatable bonds is 3. The molecule has 0 radical (unpaired) electrons. The van der Waals surface area contributed by atoms with E-state index in [1.165, 1.54) is 0 Å². The summed E-state index contributed by atoms with van der Waals surface area (Å²) in [7, 11) is 0. The highest BCUT2D eigenvalue weighted by atomic mass is 16.3. The minimum atomic E-state index is -0.114. The van der Waals surface area contributed by atoms with Crippen LogP contribution in [0.1, 0.15) is 19.3 Å². The fourth-order valence-electron chi connectivity index (χ4n) is 2.84. The Hall–Kier alpha value is -1.81. The van der Waals surface area contributed by atoms with Crippen molar-refractivity contribution in [2.24, 2.45) is 5.92 Å². The van der Waals surface area contributed by atoms with Crippen LogP contribution in [0.4, 0.5) is 11.4 Å². The molecule has 1 aliphatic carbocycles. The average molecular weight is 257 g/mol. The van der Waals surface area contributed by atoms with Gasteiger partial charge in [-0.05, 0) is 37.3 Å². The standard InChI is InChI=1S/C15H19N3O/c16-13-3-1-2-12-14(6-7-17-15(12)13)18-9-10-4-5-11(19)8-10/h1-3,6-7,10-11,19H,4-5,8-9,16H2,(H,17,18). The van der Waals surface area contributed by atoms with Crippen LogP contribution in [0.25, 0.3) is 10.9 Å². The molecule has 4 heteroatoms. The summed E-state index contributed by atoms with van der Waals surface area (Å²) in [4.78, 5) is 4.33. The first-order chi connectivity index (χ1) is 9.24. The number of hydrogen-bond acceptors (Lipinski definition) is 4. The number of pyridine rings is 1. The van der Waals surface area contributed by atoms with Crippen LogP contribution >= 0.6 is 0 Å². The lowest BCUT2D eigenvalue weighted by atomic mass is 10.1. The van der Waals surface area contributed by atoms with Crippen LogP contribution in [0.2, 0.25) is 0 Å². The van der Waals surface area contributed by atoms with Crippen molar-refractivity contribution in [1.82, 2.24) is 4.98 Å². The average Bonchev–Trinajstić information content (AvgIpc) is 2.83. The van der Waals surface area contributed by atoms with Crippen molar-refractivity contribution in [1.29, 1.82) is 0 Å². The van der Waals surface area contributed by atoms with Crippen molar-refractivity contribution < 1.29 is 5.11 Å². The van der Waals surface area contributed by atoms with E-state index in [1.807, 2.05) is 24.3 Å². The van der Waals surface area contributed by atoms with Crippen molar-refractivity contribution in [3.8, 4) is 0 Å². The van der Waals surface area contributed by atoms with Crippen molar-refractivity contribution in [3.63, 3.8) is 0 Å². The molecular formula is C15H19N3O. The Labute approximate surface area is 112 Å². The molecule has 19 heavy (non-hydrogen) atoms. The fourth-order valence-corrected chi connectivity index (χ4v) is 2.84. The fraction of sp³-hybridized carbons (Fsp3) is 0.400. The van der Waals surface area contributed by atoms with Gasteiger partial charge in [0.05, 0.1) is 17.3 Å². The van der Waals surface area contributed by atoms with Crippen LogP contribution in [-0.4, -0.2) is 22.7 Å². The number of aliphatic hydroxyl groups excluding tert-OH is 1. The Kier molecular flexibility index (Phi) is 3.25. The molecule has 100 valence electrons. The number of nitrogens with two attached hydrogens (primary N) is 1. The van der Waals surface area contributed by atoms with Gasteiger partial charge in [-0.2, -0.15) is 0 Å². The Balaban J connectivity index is 1.79. The van der Waals surface area contributed by atoms with Gasteiger partial charge in [-0.15, -0.1) is 0 Å². The zero-order valence-electron chi connectivity index (χ0n) is 10.8. The first-order valence-electron chi connectivity index (χ1n) is 6.79. The SMILES string of the molecule is Nc1cccc2c(NCC3CCC(O)C3)ccnc12. The van der Waals surface area contributed by atoms with Crippen molar-refractivity contribution in [2.45, 2.75) is 25.4 Å². The van der Waals surface area contributed by atoms with E-state index in [9.17, 15) is 5.11 Å². The maximum atomic E-state index is 9.55. The second-order valence-corrected chi connectivity index (χ2v) is 5.32. The predicted molar refractivity (Wildman–Crippen MR) is 78.0 cm³/mol. The quantitative estimate of drug-likeness (QED) is 0.738. The van der Waals surface area contributed by atoms with Gasteiger partial charge in [0, 0.05) is 23.8 Å². The van der Waals surface area contributed by atoms with E-state index in [4.69, 9.17) is 5.73 Å². The van der Waals surface area contributed by atoms with E-state index in [0.29, 0.717) is 11.6 Å². The lowest BCUT2D eigenvalue weighted by Gasteiger charge is -2.14. The van der Waals surface area contributed by atoms with E-state index in [-0.39, 0.29) is 6.10 Å². The molecule has 2 aromatic rings. The first-order valence-corrected chi connectivity index (χ1v) is 6.79. The van der Waals surface area contributed by atoms with E-state index in [2.05, 4.69) is 10.3 Å². The van der Waals surface area contributed by atoms with Crippen molar-refractivity contribution in [3.05, 3.63) is 30.5 Å². The van der Waals surface area contributed by atoms with Crippen LogP contribution in [-0.2, 0) is 0 Å². The van der Waals surface area contributed by atoms with Gasteiger partial charge in [-0.25, -0.2) is 0 Å². The van der Waals surface area contributed by atoms with Crippen molar-refractivity contribution >= 4 is 22.3 Å². The number of fused-ring (bicyclic) bond motifs is 1. The topological polar surface area (TPSA) is 71.2 Å². The van der Waals surface area contributed by atoms with Crippen LogP contribution in [0, 0.1) is 5.92 Å². The summed E-state index contributed by atoms with van der Waals surface area (Å²) in [6, 6.07) is 7.83. The number of anilines is 2. The number of nitrogen functional groups attached to an aromatic ring is 1. The molecule has 0 amide bonds. The second kappa shape index (κ2) is 5.05. The second-order valence-electron chi connectivity index (χ2n) is 5.32. The Morgan fingerprint density at radius 3 is 3.00 bits per heavy atom. The molecular weight excluding hydrogens is 238 g/mol. The van der Waals surface area contributed by atoms with Crippen LogP contribution in [0.5, 0.6) is 0 Å². The van der Waals surface area contributed by atoms with E-state index in [1.54, 1.807) is 6.20 Å². The molecule has 1 saturated carbocycles. The van der Waals surface area contributed by atoms with Gasteiger partial charge in [0.25, 0.3) is 0 Å². The molecule has 3 rings (SSSR count). The highest BCUT2D eigenvalue weighted by Gasteiger charge is 2.22. The van der Waals surface area contributed by atoms with Crippen molar-refractivity contribution in [2.75, 3.05) is 17.6 Å². The van der Waals surface area contributed by atoms with Crippen LogP contribution < -0.4 is 11.1 Å². The van der Waals surface area contributed by atoms with E-state index < -0.39 is 0 Å². The number of aliphatic hydroxyl groups is 1. The summed E-state index contributed by atoms with van der Waals surface area (Å²) in [6.45, 7) is 0.894. The summed E-state index contributed by atoms with van der Waals surface area (Å²) in [5.41, 5.74) is 8.56. The third-order valence-electron chi connectivity index (χ3n) is 3.90. The predicted octanol–water partition coefficient (Wildman–Crippen LogP) is 2.39. The summed E-state index contributed by atoms with van der Waals surface area (Å²) in [6.07, 6.45) is 4.59. The van der Waals surface area contributed by atoms with Gasteiger partial charge in [-0.1, -0.05) is 12.1 Å². The first kappa shape index (κ1) is 12.2. The number of aromatic nitrogens is 1. The molecule has 0 bridgehead atoms. The number of hydrogen-bond donors (Lipinski definition) is 3. The molecule has 2 unspecified atom stereocenters. The molecule has 1 aliphatic rings. The van der Waals surface area contributed by atoms with Crippen LogP contribution in [0.3, 0.4) is 0 Å². The van der Waals surface area contributed by atoms with Gasteiger partial charge in [0.1, 0.15) is 0 Å². The zero-order chi connectivity index (χ0) is 13.2. The minimum absolute atomic E-state index is 0.114. The lowest BCUT2D eigenvalue weighted by Crippen LogP contribution is -2.12. The monoisotopic (exact) mass is 257 g/mol. The third-order valence-corrected chi connectivity index (χ3v) is 3.90. The van der Waals surface area contributed by atoms with E-state index in [0.717, 1.165) is 42.4 Å². The van der Waals surface area contributed by atoms with Gasteiger partial charge in [-0.3, -0.25) is 4.98 Å². The smallest absolute Gasteiger partial charge is 0.0951 e. The van der Waals surface area contributed by atoms with Gasteiger partial charge >= 0.3 is 0 Å². The number of nitrogens with zero attached hydrogens (tertiary/aromatic N) is 1. The molecule has 2 atom stereocenters. The molecule has 0 spiro atoms. The maximum Gasteiger partial charge on any atom is 0.0951 e. The van der Waals surface area contributed by atoms with E-state index >= 15 is 0 Å².